The van der Waals surface area contributed by atoms with Crippen molar-refractivity contribution in [2.45, 2.75) is 12.8 Å². The third-order valence-corrected chi connectivity index (χ3v) is 4.02. The highest BCUT2D eigenvalue weighted by Gasteiger charge is 2.28. The molecule has 4 nitrogen and oxygen atoms in total. The van der Waals surface area contributed by atoms with Crippen LogP contribution in [0.4, 0.5) is 8.78 Å². The maximum Gasteiger partial charge on any atom is 0.287 e. The first-order valence-electron chi connectivity index (χ1n) is 8.13. The average Bonchev–Trinajstić information content (AvgIpc) is 2.66. The van der Waals surface area contributed by atoms with E-state index in [-0.39, 0.29) is 5.56 Å². The van der Waals surface area contributed by atoms with E-state index in [0.29, 0.717) is 16.6 Å². The van der Waals surface area contributed by atoms with Crippen LogP contribution >= 0.6 is 0 Å². The van der Waals surface area contributed by atoms with Crippen molar-refractivity contribution in [3.05, 3.63) is 65.7 Å². The molecule has 3 aromatic rings. The number of carbonyl (C=O) groups is 1. The molecule has 2 aromatic carbocycles. The van der Waals surface area contributed by atoms with Crippen molar-refractivity contribution >= 4 is 16.8 Å². The van der Waals surface area contributed by atoms with Crippen LogP contribution in [0, 0.1) is 6.92 Å². The molecule has 0 unspecified atom stereocenters. The highest BCUT2D eigenvalue weighted by molar-refractivity contribution is 6.07. The third kappa shape index (κ3) is 3.86. The number of aryl methyl sites for hydroxylation is 1. The zero-order chi connectivity index (χ0) is 18.7. The average molecular weight is 356 g/mol. The molecule has 0 fully saturated rings. The van der Waals surface area contributed by atoms with Crippen molar-refractivity contribution in [1.29, 1.82) is 0 Å². The van der Waals surface area contributed by atoms with Gasteiger partial charge >= 0.3 is 0 Å². The predicted molar refractivity (Wildman–Crippen MR) is 96.3 cm³/mol. The third-order valence-electron chi connectivity index (χ3n) is 4.02. The molecule has 1 aromatic heterocycles. The molecule has 0 aliphatic carbocycles. The smallest absolute Gasteiger partial charge is 0.287 e. The number of aliphatic hydroxyl groups is 1. The van der Waals surface area contributed by atoms with Gasteiger partial charge in [-0.2, -0.15) is 0 Å². The number of halogens is 2. The van der Waals surface area contributed by atoms with Gasteiger partial charge in [-0.3, -0.25) is 4.79 Å². The van der Waals surface area contributed by atoms with Crippen LogP contribution in [0.25, 0.3) is 22.2 Å². The maximum absolute atomic E-state index is 13.3. The lowest BCUT2D eigenvalue weighted by atomic mass is 10.0. The van der Waals surface area contributed by atoms with E-state index in [1.165, 1.54) is 0 Å². The molecule has 6 heteroatoms. The Kier molecular flexibility index (Phi) is 4.95. The van der Waals surface area contributed by atoms with Crippen molar-refractivity contribution < 1.29 is 18.7 Å². The number of benzene rings is 2. The number of alkyl halides is 2. The van der Waals surface area contributed by atoms with Crippen LogP contribution in [0.2, 0.25) is 0 Å². The molecule has 0 spiro atoms. The molecule has 134 valence electrons. The minimum Gasteiger partial charge on any atom is -0.390 e. The quantitative estimate of drug-likeness (QED) is 0.735. The molecule has 0 aliphatic rings. The molecule has 0 radical (unpaired) electrons. The van der Waals surface area contributed by atoms with Gasteiger partial charge < -0.3 is 10.4 Å². The van der Waals surface area contributed by atoms with Crippen molar-refractivity contribution in [2.24, 2.45) is 0 Å². The van der Waals surface area contributed by atoms with Gasteiger partial charge in [0.25, 0.3) is 11.8 Å². The number of aromatic nitrogens is 1. The van der Waals surface area contributed by atoms with Crippen LogP contribution in [0.15, 0.2) is 54.6 Å². The fourth-order valence-electron chi connectivity index (χ4n) is 2.64. The van der Waals surface area contributed by atoms with Gasteiger partial charge in [0.05, 0.1) is 23.3 Å². The monoisotopic (exact) mass is 356 g/mol. The van der Waals surface area contributed by atoms with Crippen molar-refractivity contribution in [1.82, 2.24) is 10.3 Å². The van der Waals surface area contributed by atoms with E-state index in [2.05, 4.69) is 10.3 Å². The second kappa shape index (κ2) is 7.17. The molecule has 0 aliphatic heterocycles. The van der Waals surface area contributed by atoms with Crippen molar-refractivity contribution in [3.63, 3.8) is 0 Å². The molecule has 2 N–H and O–H groups in total. The van der Waals surface area contributed by atoms with Crippen LogP contribution in [0.1, 0.15) is 15.9 Å². The zero-order valence-corrected chi connectivity index (χ0v) is 14.2. The van der Waals surface area contributed by atoms with Crippen LogP contribution in [-0.2, 0) is 0 Å². The summed E-state index contributed by atoms with van der Waals surface area (Å²) in [7, 11) is 0. The van der Waals surface area contributed by atoms with Crippen LogP contribution in [0.5, 0.6) is 0 Å². The van der Waals surface area contributed by atoms with E-state index >= 15 is 0 Å². The van der Waals surface area contributed by atoms with E-state index in [1.807, 2.05) is 43.3 Å². The Morgan fingerprint density at radius 3 is 2.58 bits per heavy atom. The summed E-state index contributed by atoms with van der Waals surface area (Å²) in [6, 6.07) is 16.4. The topological polar surface area (TPSA) is 62.2 Å². The first-order valence-corrected chi connectivity index (χ1v) is 8.13. The number of aliphatic hydroxyl groups excluding tert-OH is 1. The lowest BCUT2D eigenvalue weighted by Gasteiger charge is -2.15. The van der Waals surface area contributed by atoms with Gasteiger partial charge in [-0.05, 0) is 25.1 Å². The molecule has 0 saturated carbocycles. The number of nitrogens with zero attached hydrogens (tertiary/aromatic N) is 1. The van der Waals surface area contributed by atoms with Gasteiger partial charge in [0.1, 0.15) is 6.61 Å². The highest BCUT2D eigenvalue weighted by atomic mass is 19.3. The number of hydrogen-bond acceptors (Lipinski definition) is 3. The Hall–Kier alpha value is -2.86. The molecular weight excluding hydrogens is 338 g/mol. The molecule has 3 rings (SSSR count). The maximum atomic E-state index is 13.3. The summed E-state index contributed by atoms with van der Waals surface area (Å²) in [4.78, 5) is 17.1. The van der Waals surface area contributed by atoms with Gasteiger partial charge in [0.2, 0.25) is 0 Å². The SMILES string of the molecule is Cc1ccc2nc(-c3ccccc3)cc(C(=O)NCC(F)(F)CO)c2c1. The summed E-state index contributed by atoms with van der Waals surface area (Å²) in [5, 5.41) is 11.5. The fraction of sp³-hybridized carbons (Fsp3) is 0.200. The molecule has 26 heavy (non-hydrogen) atoms. The second-order valence-corrected chi connectivity index (χ2v) is 6.14. The van der Waals surface area contributed by atoms with Crippen LogP contribution in [-0.4, -0.2) is 35.1 Å². The summed E-state index contributed by atoms with van der Waals surface area (Å²) < 4.78 is 26.5. The molecule has 1 amide bonds. The molecule has 1 heterocycles. The molecule has 0 atom stereocenters. The Morgan fingerprint density at radius 2 is 1.88 bits per heavy atom. The van der Waals surface area contributed by atoms with E-state index in [9.17, 15) is 13.6 Å². The fourth-order valence-corrected chi connectivity index (χ4v) is 2.64. The number of rotatable bonds is 5. The van der Waals surface area contributed by atoms with Crippen LogP contribution < -0.4 is 5.32 Å². The second-order valence-electron chi connectivity index (χ2n) is 6.14. The van der Waals surface area contributed by atoms with Crippen molar-refractivity contribution in [3.8, 4) is 11.3 Å². The number of carbonyl (C=O) groups excluding carboxylic acids is 1. The lowest BCUT2D eigenvalue weighted by Crippen LogP contribution is -2.39. The first-order chi connectivity index (χ1) is 12.4. The summed E-state index contributed by atoms with van der Waals surface area (Å²) in [5.41, 5.74) is 3.22. The van der Waals surface area contributed by atoms with Crippen LogP contribution in [0.3, 0.4) is 0 Å². The highest BCUT2D eigenvalue weighted by Crippen LogP contribution is 2.26. The summed E-state index contributed by atoms with van der Waals surface area (Å²) in [5.74, 6) is -4.00. The standard InChI is InChI=1S/C20H18F2N2O2/c1-13-7-8-17-15(9-13)16(19(26)23-11-20(21,22)12-25)10-18(24-17)14-5-3-2-4-6-14/h2-10,25H,11-12H2,1H3,(H,23,26). The largest absolute Gasteiger partial charge is 0.390 e. The van der Waals surface area contributed by atoms with E-state index < -0.39 is 25.0 Å². The number of amides is 1. The minimum absolute atomic E-state index is 0.270. The Bertz CT molecular complexity index is 943. The lowest BCUT2D eigenvalue weighted by molar-refractivity contribution is -0.0461. The van der Waals surface area contributed by atoms with Crippen molar-refractivity contribution in [2.75, 3.05) is 13.2 Å². The predicted octanol–water partition coefficient (Wildman–Crippen LogP) is 3.57. The number of pyridine rings is 1. The first kappa shape index (κ1) is 17.9. The van der Waals surface area contributed by atoms with Gasteiger partial charge in [0.15, 0.2) is 0 Å². The number of hydrogen-bond donors (Lipinski definition) is 2. The Balaban J connectivity index is 2.06. The van der Waals surface area contributed by atoms with E-state index in [1.54, 1.807) is 18.2 Å². The molecule has 0 bridgehead atoms. The zero-order valence-electron chi connectivity index (χ0n) is 14.2. The summed E-state index contributed by atoms with van der Waals surface area (Å²) in [6.07, 6.45) is 0. The van der Waals surface area contributed by atoms with Gasteiger partial charge in [-0.15, -0.1) is 0 Å². The number of nitrogens with one attached hydrogen (secondary N) is 1. The van der Waals surface area contributed by atoms with E-state index in [4.69, 9.17) is 5.11 Å². The van der Waals surface area contributed by atoms with Gasteiger partial charge in [-0.1, -0.05) is 42.0 Å². The summed E-state index contributed by atoms with van der Waals surface area (Å²) >= 11 is 0. The van der Waals surface area contributed by atoms with Gasteiger partial charge in [-0.25, -0.2) is 13.8 Å². The molecule has 0 saturated heterocycles. The van der Waals surface area contributed by atoms with E-state index in [0.717, 1.165) is 11.1 Å². The number of fused-ring (bicyclic) bond motifs is 1. The van der Waals surface area contributed by atoms with Gasteiger partial charge in [0, 0.05) is 10.9 Å². The summed E-state index contributed by atoms with van der Waals surface area (Å²) in [6.45, 7) is -0.372. The normalized spacial score (nSPS) is 11.5. The Labute approximate surface area is 149 Å². The molecular formula is C20H18F2N2O2. The Morgan fingerprint density at radius 1 is 1.15 bits per heavy atom. The minimum atomic E-state index is -3.36.